The molecule has 0 spiro atoms. The second-order valence-electron chi connectivity index (χ2n) is 8.17. The van der Waals surface area contributed by atoms with Gasteiger partial charge in [0, 0.05) is 50.5 Å². The molecule has 3 aliphatic heterocycles. The maximum absolute atomic E-state index is 5.07. The molecular formula is C24H30N6S. The van der Waals surface area contributed by atoms with E-state index in [9.17, 15) is 0 Å². The number of pyridine rings is 1. The molecule has 2 aromatic rings. The standard InChI is InChI=1S/C24H30N6S/c1-31-30-15-5-14-28(16-17-30)20-8-6-19(7-9-20)21-18-22-23(26-11-10-25-22)24(27-21)29-12-3-2-4-13-29/h2-3,6-9,18H,4-5,10-17H2,1H3. The predicted molar refractivity (Wildman–Crippen MR) is 130 cm³/mol. The monoisotopic (exact) mass is 434 g/mol. The van der Waals surface area contributed by atoms with Crippen LogP contribution in [-0.4, -0.2) is 67.9 Å². The van der Waals surface area contributed by atoms with Gasteiger partial charge in [-0.2, -0.15) is 0 Å². The van der Waals surface area contributed by atoms with Crippen LogP contribution in [0.3, 0.4) is 0 Å². The minimum atomic E-state index is 0.753. The number of hydrogen-bond donors (Lipinski definition) is 0. The van der Waals surface area contributed by atoms with E-state index in [2.05, 4.69) is 62.8 Å². The van der Waals surface area contributed by atoms with Crippen LogP contribution in [0, 0.1) is 0 Å². The summed E-state index contributed by atoms with van der Waals surface area (Å²) >= 11 is 1.85. The van der Waals surface area contributed by atoms with E-state index in [4.69, 9.17) is 15.0 Å². The molecule has 0 N–H and O–H groups in total. The summed E-state index contributed by atoms with van der Waals surface area (Å²) in [5.41, 5.74) is 3.42. The Morgan fingerprint density at radius 2 is 1.74 bits per heavy atom. The van der Waals surface area contributed by atoms with E-state index in [0.717, 1.165) is 86.6 Å². The van der Waals surface area contributed by atoms with E-state index in [1.165, 1.54) is 12.1 Å². The molecule has 0 unspecified atom stereocenters. The predicted octanol–water partition coefficient (Wildman–Crippen LogP) is 2.56. The highest BCUT2D eigenvalue weighted by Crippen LogP contribution is 2.24. The molecule has 3 aliphatic rings. The lowest BCUT2D eigenvalue weighted by molar-refractivity contribution is 0.506. The number of hydrogen-bond acceptors (Lipinski definition) is 7. The molecule has 31 heavy (non-hydrogen) atoms. The van der Waals surface area contributed by atoms with Gasteiger partial charge < -0.3 is 9.80 Å². The summed E-state index contributed by atoms with van der Waals surface area (Å²) in [7, 11) is 0. The van der Waals surface area contributed by atoms with Crippen molar-refractivity contribution in [3.8, 4) is 11.3 Å². The van der Waals surface area contributed by atoms with Crippen LogP contribution in [0.4, 0.5) is 11.5 Å². The molecule has 0 atom stereocenters. The Hall–Kier alpha value is -2.38. The largest absolute Gasteiger partial charge is 0.370 e. The number of fused-ring (bicyclic) bond motifs is 1. The van der Waals surface area contributed by atoms with E-state index in [0.29, 0.717) is 0 Å². The Morgan fingerprint density at radius 1 is 0.871 bits per heavy atom. The molecule has 7 heteroatoms. The molecular weight excluding hydrogens is 404 g/mol. The van der Waals surface area contributed by atoms with Gasteiger partial charge in [0.05, 0.1) is 24.1 Å². The van der Waals surface area contributed by atoms with Gasteiger partial charge in [-0.25, -0.2) is 9.29 Å². The number of anilines is 2. The molecule has 4 heterocycles. The van der Waals surface area contributed by atoms with Gasteiger partial charge in [0.2, 0.25) is 0 Å². The van der Waals surface area contributed by atoms with Crippen molar-refractivity contribution >= 4 is 23.5 Å². The zero-order valence-corrected chi connectivity index (χ0v) is 19.0. The van der Waals surface area contributed by atoms with Crippen LogP contribution in [0.2, 0.25) is 0 Å². The van der Waals surface area contributed by atoms with Crippen molar-refractivity contribution in [3.05, 3.63) is 53.2 Å². The van der Waals surface area contributed by atoms with Crippen molar-refractivity contribution in [3.63, 3.8) is 0 Å². The van der Waals surface area contributed by atoms with E-state index >= 15 is 0 Å². The van der Waals surface area contributed by atoms with Crippen molar-refractivity contribution in [1.82, 2.24) is 9.29 Å². The highest BCUT2D eigenvalue weighted by Gasteiger charge is 2.17. The van der Waals surface area contributed by atoms with Gasteiger partial charge in [-0.15, -0.1) is 0 Å². The van der Waals surface area contributed by atoms with E-state index < -0.39 is 0 Å². The molecule has 0 radical (unpaired) electrons. The topological polar surface area (TPSA) is 47.3 Å². The molecule has 0 amide bonds. The number of benzene rings is 1. The summed E-state index contributed by atoms with van der Waals surface area (Å²) in [4.78, 5) is 19.4. The fraction of sp³-hybridized carbons (Fsp3) is 0.458. The second-order valence-corrected chi connectivity index (χ2v) is 9.05. The first-order valence-corrected chi connectivity index (χ1v) is 12.4. The molecule has 1 aromatic carbocycles. The van der Waals surface area contributed by atoms with Crippen LogP contribution in [0.1, 0.15) is 12.8 Å². The van der Waals surface area contributed by atoms with Crippen LogP contribution in [-0.2, 0) is 0 Å². The Bertz CT molecular complexity index is 1060. The maximum Gasteiger partial charge on any atom is 0.157 e. The van der Waals surface area contributed by atoms with Gasteiger partial charge in [-0.1, -0.05) is 36.2 Å². The summed E-state index contributed by atoms with van der Waals surface area (Å²) in [5, 5.41) is 1.94. The smallest absolute Gasteiger partial charge is 0.157 e. The van der Waals surface area contributed by atoms with E-state index in [1.54, 1.807) is 0 Å². The molecule has 1 aromatic heterocycles. The third-order valence-electron chi connectivity index (χ3n) is 6.21. The zero-order chi connectivity index (χ0) is 21.0. The van der Waals surface area contributed by atoms with Gasteiger partial charge in [-0.05, 0) is 37.3 Å². The van der Waals surface area contributed by atoms with Gasteiger partial charge >= 0.3 is 0 Å². The Morgan fingerprint density at radius 3 is 2.55 bits per heavy atom. The fourth-order valence-corrected chi connectivity index (χ4v) is 5.07. The minimum Gasteiger partial charge on any atom is -0.370 e. The Kier molecular flexibility index (Phi) is 6.22. The average molecular weight is 435 g/mol. The van der Waals surface area contributed by atoms with Crippen LogP contribution < -0.4 is 20.5 Å². The normalized spacial score (nSPS) is 19.4. The quantitative estimate of drug-likeness (QED) is 0.547. The van der Waals surface area contributed by atoms with E-state index in [1.807, 2.05) is 11.9 Å². The first-order valence-electron chi connectivity index (χ1n) is 11.3. The summed E-state index contributed by atoms with van der Waals surface area (Å²) in [6, 6.07) is 11.0. The molecule has 1 fully saturated rings. The third-order valence-corrected chi connectivity index (χ3v) is 7.09. The highest BCUT2D eigenvalue weighted by molar-refractivity contribution is 7.96. The fourth-order valence-electron chi connectivity index (χ4n) is 4.50. The van der Waals surface area contributed by atoms with Gasteiger partial charge in [0.1, 0.15) is 5.36 Å². The molecule has 0 aliphatic carbocycles. The van der Waals surface area contributed by atoms with Crippen LogP contribution in [0.25, 0.3) is 11.3 Å². The lowest BCUT2D eigenvalue weighted by atomic mass is 10.1. The van der Waals surface area contributed by atoms with Crippen LogP contribution in [0.15, 0.2) is 52.5 Å². The van der Waals surface area contributed by atoms with Gasteiger partial charge in [0.15, 0.2) is 5.82 Å². The van der Waals surface area contributed by atoms with Gasteiger partial charge in [-0.3, -0.25) is 9.98 Å². The average Bonchev–Trinajstić information content (AvgIpc) is 3.10. The van der Waals surface area contributed by atoms with Crippen LogP contribution in [0.5, 0.6) is 0 Å². The van der Waals surface area contributed by atoms with Crippen LogP contribution >= 0.6 is 11.9 Å². The first kappa shape index (κ1) is 20.5. The lowest BCUT2D eigenvalue weighted by Gasteiger charge is -2.25. The summed E-state index contributed by atoms with van der Waals surface area (Å²) in [6.45, 7) is 7.84. The zero-order valence-electron chi connectivity index (χ0n) is 18.2. The lowest BCUT2D eigenvalue weighted by Crippen LogP contribution is -2.40. The SMILES string of the molecule is CSN1CCCN(c2ccc(-c3cc4c(c(N5CC=CCC5)n3)=NCCN=4)cc2)CC1. The molecule has 162 valence electrons. The summed E-state index contributed by atoms with van der Waals surface area (Å²) in [6.07, 6.45) is 8.89. The molecule has 5 rings (SSSR count). The Balaban J connectivity index is 1.44. The highest BCUT2D eigenvalue weighted by atomic mass is 32.2. The second kappa shape index (κ2) is 9.40. The third kappa shape index (κ3) is 4.48. The molecule has 1 saturated heterocycles. The first-order chi connectivity index (χ1) is 15.3. The number of rotatable bonds is 4. The summed E-state index contributed by atoms with van der Waals surface area (Å²) in [5.74, 6) is 0.981. The number of aromatic nitrogens is 1. The van der Waals surface area contributed by atoms with E-state index in [-0.39, 0.29) is 0 Å². The van der Waals surface area contributed by atoms with Crippen molar-refractivity contribution in [2.24, 2.45) is 9.98 Å². The molecule has 0 bridgehead atoms. The van der Waals surface area contributed by atoms with Crippen molar-refractivity contribution in [1.29, 1.82) is 0 Å². The molecule has 0 saturated carbocycles. The molecule has 6 nitrogen and oxygen atoms in total. The maximum atomic E-state index is 5.07. The van der Waals surface area contributed by atoms with Crippen molar-refractivity contribution < 1.29 is 0 Å². The Labute approximate surface area is 188 Å². The van der Waals surface area contributed by atoms with Crippen molar-refractivity contribution in [2.45, 2.75) is 12.8 Å². The number of nitrogens with zero attached hydrogens (tertiary/aromatic N) is 6. The van der Waals surface area contributed by atoms with Gasteiger partial charge in [0.25, 0.3) is 0 Å². The summed E-state index contributed by atoms with van der Waals surface area (Å²) < 4.78 is 2.46. The minimum absolute atomic E-state index is 0.753. The van der Waals surface area contributed by atoms with Crippen molar-refractivity contribution in [2.75, 3.05) is 68.4 Å².